The lowest BCUT2D eigenvalue weighted by Crippen LogP contribution is -2.27. The number of carbonyl (C=O) groups is 1. The van der Waals surface area contributed by atoms with Crippen LogP contribution in [0, 0.1) is 0 Å². The minimum absolute atomic E-state index is 0.434. The van der Waals surface area contributed by atoms with E-state index in [0.29, 0.717) is 0 Å². The molecule has 4 heteroatoms. The maximum atomic E-state index is 10.9. The Kier molecular flexibility index (Phi) is 4.93. The number of carboxylic acids is 1. The number of carboxylic acid groups (broad SMARTS) is 1. The number of aliphatic carboxylic acids is 1. The fraction of sp³-hybridized carbons (Fsp3) is 0.533. The van der Waals surface area contributed by atoms with Crippen LogP contribution in [0.3, 0.4) is 0 Å². The third-order valence-electron chi connectivity index (χ3n) is 3.69. The molecule has 104 valence electrons. The first kappa shape index (κ1) is 14.0. The summed E-state index contributed by atoms with van der Waals surface area (Å²) in [5.41, 5.74) is 2.12. The van der Waals surface area contributed by atoms with Gasteiger partial charge in [-0.05, 0) is 37.6 Å². The van der Waals surface area contributed by atoms with E-state index in [1.807, 2.05) is 24.3 Å². The molecule has 1 saturated heterocycles. The first-order chi connectivity index (χ1) is 9.16. The number of rotatable bonds is 4. The van der Waals surface area contributed by atoms with Crippen molar-refractivity contribution in [1.82, 2.24) is 10.2 Å². The highest BCUT2D eigenvalue weighted by atomic mass is 16.4. The normalized spacial score (nSPS) is 18.8. The molecule has 0 bridgehead atoms. The Labute approximate surface area is 114 Å². The van der Waals surface area contributed by atoms with Crippen LogP contribution in [0.5, 0.6) is 0 Å². The van der Waals surface area contributed by atoms with Gasteiger partial charge in [0.25, 0.3) is 0 Å². The Bertz CT molecular complexity index is 409. The molecule has 1 aromatic carbocycles. The predicted molar refractivity (Wildman–Crippen MR) is 75.3 cm³/mol. The maximum absolute atomic E-state index is 10.9. The van der Waals surface area contributed by atoms with Gasteiger partial charge in [0, 0.05) is 19.6 Å². The van der Waals surface area contributed by atoms with Crippen molar-refractivity contribution in [2.45, 2.75) is 25.8 Å². The van der Waals surface area contributed by atoms with Crippen LogP contribution in [-0.2, 0) is 11.3 Å². The number of hydrogen-bond donors (Lipinski definition) is 2. The van der Waals surface area contributed by atoms with Crippen molar-refractivity contribution in [2.75, 3.05) is 26.2 Å². The molecule has 1 aromatic rings. The molecule has 1 aliphatic rings. The molecule has 2 rings (SSSR count). The molecule has 1 fully saturated rings. The Balaban J connectivity index is 1.96. The number of nitrogens with one attached hydrogen (secondary N) is 1. The Morgan fingerprint density at radius 2 is 2.05 bits per heavy atom. The monoisotopic (exact) mass is 262 g/mol. The molecular formula is C15H22N2O2. The summed E-state index contributed by atoms with van der Waals surface area (Å²) in [4.78, 5) is 13.4. The van der Waals surface area contributed by atoms with Crippen molar-refractivity contribution in [1.29, 1.82) is 0 Å². The molecule has 0 saturated carbocycles. The van der Waals surface area contributed by atoms with Crippen LogP contribution in [-0.4, -0.2) is 42.2 Å². The van der Waals surface area contributed by atoms with E-state index in [1.54, 1.807) is 6.92 Å². The van der Waals surface area contributed by atoms with Crippen LogP contribution < -0.4 is 5.32 Å². The van der Waals surface area contributed by atoms with Gasteiger partial charge in [-0.3, -0.25) is 9.69 Å². The molecule has 4 nitrogen and oxygen atoms in total. The first-order valence-electron chi connectivity index (χ1n) is 6.91. The largest absolute Gasteiger partial charge is 0.481 e. The lowest BCUT2D eigenvalue weighted by molar-refractivity contribution is -0.138. The highest BCUT2D eigenvalue weighted by molar-refractivity contribution is 5.75. The summed E-state index contributed by atoms with van der Waals surface area (Å²) in [6.07, 6.45) is 1.19. The lowest BCUT2D eigenvalue weighted by Gasteiger charge is -2.19. The average Bonchev–Trinajstić information content (AvgIpc) is 2.67. The molecule has 2 N–H and O–H groups in total. The molecule has 0 amide bonds. The fourth-order valence-electron chi connectivity index (χ4n) is 2.37. The zero-order valence-electron chi connectivity index (χ0n) is 11.4. The first-order valence-corrected chi connectivity index (χ1v) is 6.91. The SMILES string of the molecule is CC(C(=O)O)c1ccc(CN2CCCNCC2)cc1. The smallest absolute Gasteiger partial charge is 0.310 e. The van der Waals surface area contributed by atoms with Gasteiger partial charge >= 0.3 is 5.97 Å². The van der Waals surface area contributed by atoms with Crippen LogP contribution >= 0.6 is 0 Å². The summed E-state index contributed by atoms with van der Waals surface area (Å²) >= 11 is 0. The van der Waals surface area contributed by atoms with Gasteiger partial charge in [0.05, 0.1) is 5.92 Å². The molecule has 1 atom stereocenters. The zero-order valence-corrected chi connectivity index (χ0v) is 11.4. The highest BCUT2D eigenvalue weighted by Gasteiger charge is 2.14. The quantitative estimate of drug-likeness (QED) is 0.866. The van der Waals surface area contributed by atoms with Gasteiger partial charge in [0.1, 0.15) is 0 Å². The van der Waals surface area contributed by atoms with E-state index in [1.165, 1.54) is 12.0 Å². The van der Waals surface area contributed by atoms with Crippen molar-refractivity contribution in [3.8, 4) is 0 Å². The molecule has 0 radical (unpaired) electrons. The molecule has 0 aromatic heterocycles. The van der Waals surface area contributed by atoms with E-state index < -0.39 is 11.9 Å². The van der Waals surface area contributed by atoms with Gasteiger partial charge in [0.2, 0.25) is 0 Å². The van der Waals surface area contributed by atoms with E-state index in [2.05, 4.69) is 10.2 Å². The van der Waals surface area contributed by atoms with Crippen LogP contribution in [0.4, 0.5) is 0 Å². The Hall–Kier alpha value is -1.39. The van der Waals surface area contributed by atoms with E-state index in [4.69, 9.17) is 5.11 Å². The van der Waals surface area contributed by atoms with Crippen LogP contribution in [0.1, 0.15) is 30.4 Å². The van der Waals surface area contributed by atoms with E-state index in [0.717, 1.165) is 38.3 Å². The summed E-state index contributed by atoms with van der Waals surface area (Å²) in [5.74, 6) is -1.21. The van der Waals surface area contributed by atoms with E-state index in [9.17, 15) is 4.79 Å². The van der Waals surface area contributed by atoms with Gasteiger partial charge in [-0.1, -0.05) is 24.3 Å². The second-order valence-corrected chi connectivity index (χ2v) is 5.18. The molecule has 0 spiro atoms. The lowest BCUT2D eigenvalue weighted by atomic mass is 10.00. The minimum atomic E-state index is -0.772. The van der Waals surface area contributed by atoms with Crippen molar-refractivity contribution >= 4 is 5.97 Å². The maximum Gasteiger partial charge on any atom is 0.310 e. The summed E-state index contributed by atoms with van der Waals surface area (Å²) < 4.78 is 0. The average molecular weight is 262 g/mol. The van der Waals surface area contributed by atoms with Crippen molar-refractivity contribution < 1.29 is 9.90 Å². The van der Waals surface area contributed by atoms with Gasteiger partial charge < -0.3 is 10.4 Å². The molecule has 1 heterocycles. The van der Waals surface area contributed by atoms with E-state index in [-0.39, 0.29) is 0 Å². The van der Waals surface area contributed by atoms with Crippen molar-refractivity contribution in [3.63, 3.8) is 0 Å². The second-order valence-electron chi connectivity index (χ2n) is 5.18. The van der Waals surface area contributed by atoms with Gasteiger partial charge in [-0.15, -0.1) is 0 Å². The summed E-state index contributed by atoms with van der Waals surface area (Å²) in [6, 6.07) is 7.97. The molecule has 1 unspecified atom stereocenters. The Morgan fingerprint density at radius 1 is 1.32 bits per heavy atom. The molecular weight excluding hydrogens is 240 g/mol. The summed E-state index contributed by atoms with van der Waals surface area (Å²) in [5, 5.41) is 12.4. The van der Waals surface area contributed by atoms with Crippen LogP contribution in [0.15, 0.2) is 24.3 Å². The van der Waals surface area contributed by atoms with Crippen molar-refractivity contribution in [2.24, 2.45) is 0 Å². The molecule has 0 aliphatic carbocycles. The zero-order chi connectivity index (χ0) is 13.7. The van der Waals surface area contributed by atoms with Crippen LogP contribution in [0.25, 0.3) is 0 Å². The standard InChI is InChI=1S/C15H22N2O2/c1-12(15(18)19)14-5-3-13(4-6-14)11-17-9-2-7-16-8-10-17/h3-6,12,16H,2,7-11H2,1H3,(H,18,19). The number of benzene rings is 1. The number of hydrogen-bond acceptors (Lipinski definition) is 3. The van der Waals surface area contributed by atoms with Gasteiger partial charge in [-0.2, -0.15) is 0 Å². The van der Waals surface area contributed by atoms with E-state index >= 15 is 0 Å². The topological polar surface area (TPSA) is 52.6 Å². The minimum Gasteiger partial charge on any atom is -0.481 e. The van der Waals surface area contributed by atoms with Crippen LogP contribution in [0.2, 0.25) is 0 Å². The number of nitrogens with zero attached hydrogens (tertiary/aromatic N) is 1. The third kappa shape index (κ3) is 4.04. The Morgan fingerprint density at radius 3 is 2.74 bits per heavy atom. The highest BCUT2D eigenvalue weighted by Crippen LogP contribution is 2.17. The third-order valence-corrected chi connectivity index (χ3v) is 3.69. The fourth-order valence-corrected chi connectivity index (χ4v) is 2.37. The second kappa shape index (κ2) is 6.68. The summed E-state index contributed by atoms with van der Waals surface area (Å²) in [7, 11) is 0. The predicted octanol–water partition coefficient (Wildman–Crippen LogP) is 1.67. The molecule has 1 aliphatic heterocycles. The van der Waals surface area contributed by atoms with Crippen molar-refractivity contribution in [3.05, 3.63) is 35.4 Å². The van der Waals surface area contributed by atoms with Gasteiger partial charge in [-0.25, -0.2) is 0 Å². The summed E-state index contributed by atoms with van der Waals surface area (Å²) in [6.45, 7) is 7.02. The molecule has 19 heavy (non-hydrogen) atoms. The van der Waals surface area contributed by atoms with Gasteiger partial charge in [0.15, 0.2) is 0 Å².